The van der Waals surface area contributed by atoms with Gasteiger partial charge in [-0.15, -0.1) is 0 Å². The molecule has 10 heteroatoms. The number of nitrogens with one attached hydrogen (secondary N) is 1. The van der Waals surface area contributed by atoms with Crippen molar-refractivity contribution in [2.45, 2.75) is 6.92 Å². The van der Waals surface area contributed by atoms with E-state index in [-0.39, 0.29) is 36.0 Å². The Labute approximate surface area is 159 Å². The summed E-state index contributed by atoms with van der Waals surface area (Å²) >= 11 is 5.91. The number of benzene rings is 2. The third kappa shape index (κ3) is 5.58. The highest BCUT2D eigenvalue weighted by Gasteiger charge is 2.16. The molecule has 0 saturated carbocycles. The number of rotatable bonds is 8. The summed E-state index contributed by atoms with van der Waals surface area (Å²) in [5, 5.41) is 25.1. The van der Waals surface area contributed by atoms with Gasteiger partial charge < -0.3 is 14.6 Å². The fourth-order valence-corrected chi connectivity index (χ4v) is 2.19. The summed E-state index contributed by atoms with van der Waals surface area (Å²) in [6.07, 6.45) is 1.07. The average molecular weight is 394 g/mol. The number of nitrogens with zero attached hydrogens (tertiary/aromatic N) is 2. The molecule has 0 unspecified atom stereocenters. The van der Waals surface area contributed by atoms with Crippen molar-refractivity contribution in [1.82, 2.24) is 5.43 Å². The summed E-state index contributed by atoms with van der Waals surface area (Å²) in [6.45, 7) is 1.54. The van der Waals surface area contributed by atoms with Crippen molar-refractivity contribution in [2.24, 2.45) is 5.10 Å². The highest BCUT2D eigenvalue weighted by Crippen LogP contribution is 2.33. The van der Waals surface area contributed by atoms with E-state index in [4.69, 9.17) is 21.1 Å². The lowest BCUT2D eigenvalue weighted by molar-refractivity contribution is -0.385. The number of halogens is 1. The number of phenols is 1. The minimum atomic E-state index is -0.630. The number of para-hydroxylation sites is 1. The fourth-order valence-electron chi connectivity index (χ4n) is 1.99. The molecule has 0 aliphatic heterocycles. The van der Waals surface area contributed by atoms with Gasteiger partial charge in [0.1, 0.15) is 5.75 Å². The van der Waals surface area contributed by atoms with Gasteiger partial charge in [0.15, 0.2) is 18.1 Å². The fraction of sp³-hybridized carbons (Fsp3) is 0.176. The number of nitro groups is 1. The number of nitro benzene ring substituents is 1. The molecule has 0 saturated heterocycles. The molecular weight excluding hydrogens is 378 g/mol. The SMILES string of the molecule is CCOc1cc([N+](=O)[O-])cc(/C=N\NC(=O)COc2ccccc2Cl)c1O. The first-order chi connectivity index (χ1) is 12.9. The second kappa shape index (κ2) is 9.39. The summed E-state index contributed by atoms with van der Waals surface area (Å²) in [5.74, 6) is -0.619. The summed E-state index contributed by atoms with van der Waals surface area (Å²) in [5.41, 5.74) is 1.92. The molecule has 2 N–H and O–H groups in total. The normalized spacial score (nSPS) is 10.6. The Morgan fingerprint density at radius 2 is 2.07 bits per heavy atom. The first-order valence-electron chi connectivity index (χ1n) is 7.75. The molecule has 0 heterocycles. The molecule has 27 heavy (non-hydrogen) atoms. The van der Waals surface area contributed by atoms with Gasteiger partial charge in [0.2, 0.25) is 0 Å². The molecule has 0 aromatic heterocycles. The van der Waals surface area contributed by atoms with Crippen molar-refractivity contribution in [2.75, 3.05) is 13.2 Å². The number of hydrazone groups is 1. The molecule has 0 bridgehead atoms. The molecule has 2 rings (SSSR count). The number of hydrogen-bond acceptors (Lipinski definition) is 7. The van der Waals surface area contributed by atoms with E-state index in [0.717, 1.165) is 18.3 Å². The molecule has 1 amide bonds. The molecule has 2 aromatic carbocycles. The highest BCUT2D eigenvalue weighted by atomic mass is 35.5. The van der Waals surface area contributed by atoms with Crippen LogP contribution in [-0.2, 0) is 4.79 Å². The molecular formula is C17H16ClN3O6. The lowest BCUT2D eigenvalue weighted by atomic mass is 10.1. The van der Waals surface area contributed by atoms with Gasteiger partial charge in [-0.05, 0) is 19.1 Å². The van der Waals surface area contributed by atoms with Crippen molar-refractivity contribution < 1.29 is 24.3 Å². The van der Waals surface area contributed by atoms with E-state index in [9.17, 15) is 20.0 Å². The maximum absolute atomic E-state index is 11.8. The maximum atomic E-state index is 11.8. The van der Waals surface area contributed by atoms with Crippen LogP contribution < -0.4 is 14.9 Å². The van der Waals surface area contributed by atoms with Crippen molar-refractivity contribution in [3.8, 4) is 17.2 Å². The van der Waals surface area contributed by atoms with Crippen LogP contribution in [0.25, 0.3) is 0 Å². The molecule has 0 fully saturated rings. The van der Waals surface area contributed by atoms with Crippen molar-refractivity contribution in [3.05, 3.63) is 57.1 Å². The Morgan fingerprint density at radius 3 is 2.74 bits per heavy atom. The van der Waals surface area contributed by atoms with E-state index in [1.165, 1.54) is 0 Å². The van der Waals surface area contributed by atoms with Crippen LogP contribution in [0, 0.1) is 10.1 Å². The van der Waals surface area contributed by atoms with Crippen LogP contribution in [0.5, 0.6) is 17.2 Å². The Hall–Kier alpha value is -3.33. The van der Waals surface area contributed by atoms with Gasteiger partial charge in [-0.2, -0.15) is 5.10 Å². The van der Waals surface area contributed by atoms with Crippen LogP contribution in [0.1, 0.15) is 12.5 Å². The molecule has 0 aliphatic rings. The van der Waals surface area contributed by atoms with E-state index < -0.39 is 10.8 Å². The minimum absolute atomic E-state index is 0.0139. The van der Waals surface area contributed by atoms with E-state index in [0.29, 0.717) is 10.8 Å². The topological polar surface area (TPSA) is 123 Å². The van der Waals surface area contributed by atoms with Gasteiger partial charge in [0.25, 0.3) is 11.6 Å². The summed E-state index contributed by atoms with van der Waals surface area (Å²) in [4.78, 5) is 22.1. The Balaban J connectivity index is 2.03. The molecule has 9 nitrogen and oxygen atoms in total. The Kier molecular flexibility index (Phi) is 6.95. The van der Waals surface area contributed by atoms with E-state index in [1.807, 2.05) is 0 Å². The van der Waals surface area contributed by atoms with Crippen molar-refractivity contribution in [1.29, 1.82) is 0 Å². The maximum Gasteiger partial charge on any atom is 0.277 e. The number of non-ortho nitro benzene ring substituents is 1. The van der Waals surface area contributed by atoms with Gasteiger partial charge in [-0.1, -0.05) is 23.7 Å². The van der Waals surface area contributed by atoms with Gasteiger partial charge in [0.05, 0.1) is 28.8 Å². The van der Waals surface area contributed by atoms with Crippen LogP contribution in [0.3, 0.4) is 0 Å². The Bertz CT molecular complexity index is 872. The first-order valence-corrected chi connectivity index (χ1v) is 8.13. The number of carbonyl (C=O) groups excluding carboxylic acids is 1. The number of aromatic hydroxyl groups is 1. The summed E-state index contributed by atoms with van der Waals surface area (Å²) in [7, 11) is 0. The van der Waals surface area contributed by atoms with Crippen LogP contribution in [0.2, 0.25) is 5.02 Å². The first kappa shape index (κ1) is 20.0. The third-order valence-corrected chi connectivity index (χ3v) is 3.50. The third-order valence-electron chi connectivity index (χ3n) is 3.19. The zero-order valence-electron chi connectivity index (χ0n) is 14.2. The molecule has 0 radical (unpaired) electrons. The van der Waals surface area contributed by atoms with Gasteiger partial charge in [0, 0.05) is 11.6 Å². The highest BCUT2D eigenvalue weighted by molar-refractivity contribution is 6.32. The number of hydrogen-bond donors (Lipinski definition) is 2. The second-order valence-corrected chi connectivity index (χ2v) is 5.49. The number of ether oxygens (including phenoxy) is 2. The molecule has 2 aromatic rings. The van der Waals surface area contributed by atoms with Crippen LogP contribution in [0.15, 0.2) is 41.5 Å². The number of amides is 1. The predicted octanol–water partition coefficient (Wildman–Crippen LogP) is 2.88. The summed E-state index contributed by atoms with van der Waals surface area (Å²) in [6, 6.07) is 8.86. The zero-order chi connectivity index (χ0) is 19.8. The van der Waals surface area contributed by atoms with E-state index in [1.54, 1.807) is 31.2 Å². The quantitative estimate of drug-likeness (QED) is 0.404. The van der Waals surface area contributed by atoms with Crippen LogP contribution in [0.4, 0.5) is 5.69 Å². The van der Waals surface area contributed by atoms with Gasteiger partial charge in [-0.25, -0.2) is 5.43 Å². The van der Waals surface area contributed by atoms with Crippen molar-refractivity contribution >= 4 is 29.4 Å². The molecule has 142 valence electrons. The summed E-state index contributed by atoms with van der Waals surface area (Å²) < 4.78 is 10.4. The monoisotopic (exact) mass is 393 g/mol. The van der Waals surface area contributed by atoms with Gasteiger partial charge in [-0.3, -0.25) is 14.9 Å². The lowest BCUT2D eigenvalue weighted by Crippen LogP contribution is -2.24. The number of carbonyl (C=O) groups is 1. The van der Waals surface area contributed by atoms with E-state index >= 15 is 0 Å². The zero-order valence-corrected chi connectivity index (χ0v) is 15.0. The molecule has 0 spiro atoms. The molecule has 0 aliphatic carbocycles. The number of phenolic OH excluding ortho intramolecular Hbond substituents is 1. The van der Waals surface area contributed by atoms with E-state index in [2.05, 4.69) is 10.5 Å². The lowest BCUT2D eigenvalue weighted by Gasteiger charge is -2.08. The largest absolute Gasteiger partial charge is 0.504 e. The smallest absolute Gasteiger partial charge is 0.277 e. The second-order valence-electron chi connectivity index (χ2n) is 5.08. The van der Waals surface area contributed by atoms with Crippen molar-refractivity contribution in [3.63, 3.8) is 0 Å². The molecule has 0 atom stereocenters. The standard InChI is InChI=1S/C17H16ClN3O6/c1-2-26-15-8-12(21(24)25)7-11(17(15)23)9-19-20-16(22)10-27-14-6-4-3-5-13(14)18/h3-9,23H,2,10H2,1H3,(H,20,22)/b19-9-. The average Bonchev–Trinajstić information content (AvgIpc) is 2.64. The predicted molar refractivity (Wildman–Crippen MR) is 98.6 cm³/mol. The van der Waals surface area contributed by atoms with Crippen LogP contribution >= 0.6 is 11.6 Å². The van der Waals surface area contributed by atoms with Crippen LogP contribution in [-0.4, -0.2) is 35.4 Å². The van der Waals surface area contributed by atoms with Gasteiger partial charge >= 0.3 is 0 Å². The Morgan fingerprint density at radius 1 is 1.33 bits per heavy atom. The minimum Gasteiger partial charge on any atom is -0.504 e.